The fourth-order valence-electron chi connectivity index (χ4n) is 1.83. The zero-order valence-corrected chi connectivity index (χ0v) is 10.2. The largest absolute Gasteiger partial charge is 0.330 e. The summed E-state index contributed by atoms with van der Waals surface area (Å²) in [6, 6.07) is 6.75. The summed E-state index contributed by atoms with van der Waals surface area (Å²) in [6.45, 7) is 5.17. The highest BCUT2D eigenvalue weighted by Crippen LogP contribution is 2.16. The van der Waals surface area contributed by atoms with Gasteiger partial charge in [0.2, 0.25) is 0 Å². The predicted molar refractivity (Wildman–Crippen MR) is 66.7 cm³/mol. The second-order valence-electron chi connectivity index (χ2n) is 4.90. The molecule has 1 rings (SSSR count). The minimum absolute atomic E-state index is 0.171. The fourth-order valence-corrected chi connectivity index (χ4v) is 1.83. The van der Waals surface area contributed by atoms with E-state index < -0.39 is 0 Å². The molecule has 1 nitrogen and oxygen atoms in total. The standard InChI is InChI=1S/C14H22FN/c1-11(2)3-4-13(10-16)9-12-5-7-14(15)8-6-12/h5-8,11,13H,3-4,9-10,16H2,1-2H3. The van der Waals surface area contributed by atoms with Crippen LogP contribution in [0.15, 0.2) is 24.3 Å². The predicted octanol–water partition coefficient (Wildman–Crippen LogP) is 3.38. The molecule has 0 spiro atoms. The first kappa shape index (κ1) is 13.2. The third kappa shape index (κ3) is 4.75. The molecule has 0 aliphatic rings. The molecule has 0 amide bonds. The Morgan fingerprint density at radius 2 is 1.75 bits per heavy atom. The second-order valence-corrected chi connectivity index (χ2v) is 4.90. The lowest BCUT2D eigenvalue weighted by molar-refractivity contribution is 0.428. The van der Waals surface area contributed by atoms with Gasteiger partial charge in [-0.2, -0.15) is 0 Å². The fraction of sp³-hybridized carbons (Fsp3) is 0.571. The Morgan fingerprint density at radius 3 is 2.25 bits per heavy atom. The Bertz CT molecular complexity index is 292. The molecule has 90 valence electrons. The molecule has 0 aliphatic heterocycles. The van der Waals surface area contributed by atoms with Crippen molar-refractivity contribution in [3.05, 3.63) is 35.6 Å². The zero-order valence-electron chi connectivity index (χ0n) is 10.2. The first-order valence-corrected chi connectivity index (χ1v) is 6.06. The maximum Gasteiger partial charge on any atom is 0.123 e. The molecule has 0 saturated heterocycles. The first-order chi connectivity index (χ1) is 7.61. The molecule has 1 aromatic carbocycles. The highest BCUT2D eigenvalue weighted by atomic mass is 19.1. The highest BCUT2D eigenvalue weighted by Gasteiger charge is 2.08. The van der Waals surface area contributed by atoms with Crippen LogP contribution in [0.1, 0.15) is 32.3 Å². The van der Waals surface area contributed by atoms with Gasteiger partial charge in [0, 0.05) is 0 Å². The minimum Gasteiger partial charge on any atom is -0.330 e. The normalized spacial score (nSPS) is 13.1. The van der Waals surface area contributed by atoms with E-state index in [0.717, 1.165) is 18.8 Å². The van der Waals surface area contributed by atoms with Gasteiger partial charge in [-0.05, 0) is 48.9 Å². The molecule has 16 heavy (non-hydrogen) atoms. The number of benzene rings is 1. The lowest BCUT2D eigenvalue weighted by Crippen LogP contribution is -2.17. The monoisotopic (exact) mass is 223 g/mol. The van der Waals surface area contributed by atoms with Crippen LogP contribution >= 0.6 is 0 Å². The Balaban J connectivity index is 2.46. The summed E-state index contributed by atoms with van der Waals surface area (Å²) in [5.41, 5.74) is 6.94. The van der Waals surface area contributed by atoms with Crippen LogP contribution in [0.4, 0.5) is 4.39 Å². The highest BCUT2D eigenvalue weighted by molar-refractivity contribution is 5.16. The van der Waals surface area contributed by atoms with Gasteiger partial charge >= 0.3 is 0 Å². The van der Waals surface area contributed by atoms with Crippen molar-refractivity contribution in [3.8, 4) is 0 Å². The van der Waals surface area contributed by atoms with E-state index in [2.05, 4.69) is 13.8 Å². The average molecular weight is 223 g/mol. The van der Waals surface area contributed by atoms with Gasteiger partial charge in [0.25, 0.3) is 0 Å². The maximum atomic E-state index is 12.7. The average Bonchev–Trinajstić information content (AvgIpc) is 2.26. The third-order valence-electron chi connectivity index (χ3n) is 2.92. The molecule has 0 heterocycles. The molecule has 1 atom stereocenters. The van der Waals surface area contributed by atoms with Crippen LogP contribution < -0.4 is 5.73 Å². The van der Waals surface area contributed by atoms with Gasteiger partial charge in [0.15, 0.2) is 0 Å². The molecular formula is C14H22FN. The minimum atomic E-state index is -0.171. The Kier molecular flexibility index (Phi) is 5.47. The van der Waals surface area contributed by atoms with E-state index in [0.29, 0.717) is 12.5 Å². The van der Waals surface area contributed by atoms with Crippen LogP contribution in [0.2, 0.25) is 0 Å². The van der Waals surface area contributed by atoms with E-state index in [4.69, 9.17) is 5.73 Å². The zero-order chi connectivity index (χ0) is 12.0. The van der Waals surface area contributed by atoms with E-state index >= 15 is 0 Å². The van der Waals surface area contributed by atoms with Crippen molar-refractivity contribution in [3.63, 3.8) is 0 Å². The Morgan fingerprint density at radius 1 is 1.12 bits per heavy atom. The molecule has 0 bridgehead atoms. The van der Waals surface area contributed by atoms with E-state index in [-0.39, 0.29) is 5.82 Å². The second kappa shape index (κ2) is 6.64. The van der Waals surface area contributed by atoms with E-state index in [1.807, 2.05) is 12.1 Å². The molecule has 1 aromatic rings. The Labute approximate surface area is 97.9 Å². The van der Waals surface area contributed by atoms with Gasteiger partial charge in [0.05, 0.1) is 0 Å². The quantitative estimate of drug-likeness (QED) is 0.786. The smallest absolute Gasteiger partial charge is 0.123 e. The summed E-state index contributed by atoms with van der Waals surface area (Å²) >= 11 is 0. The summed E-state index contributed by atoms with van der Waals surface area (Å²) in [5.74, 6) is 1.07. The summed E-state index contributed by atoms with van der Waals surface area (Å²) in [5, 5.41) is 0. The van der Waals surface area contributed by atoms with Gasteiger partial charge < -0.3 is 5.73 Å². The first-order valence-electron chi connectivity index (χ1n) is 6.06. The molecule has 0 aromatic heterocycles. The van der Waals surface area contributed by atoms with Gasteiger partial charge in [0.1, 0.15) is 5.82 Å². The summed E-state index contributed by atoms with van der Waals surface area (Å²) in [6.07, 6.45) is 3.33. The van der Waals surface area contributed by atoms with Crippen molar-refractivity contribution in [1.82, 2.24) is 0 Å². The summed E-state index contributed by atoms with van der Waals surface area (Å²) in [4.78, 5) is 0. The number of nitrogens with two attached hydrogens (primary N) is 1. The van der Waals surface area contributed by atoms with Crippen LogP contribution in [0.25, 0.3) is 0 Å². The third-order valence-corrected chi connectivity index (χ3v) is 2.92. The number of hydrogen-bond acceptors (Lipinski definition) is 1. The lowest BCUT2D eigenvalue weighted by Gasteiger charge is -2.16. The van der Waals surface area contributed by atoms with Crippen molar-refractivity contribution in [2.75, 3.05) is 6.54 Å². The summed E-state index contributed by atoms with van der Waals surface area (Å²) in [7, 11) is 0. The van der Waals surface area contributed by atoms with Crippen molar-refractivity contribution < 1.29 is 4.39 Å². The molecule has 1 unspecified atom stereocenters. The summed E-state index contributed by atoms with van der Waals surface area (Å²) < 4.78 is 12.7. The molecule has 0 aliphatic carbocycles. The van der Waals surface area contributed by atoms with Crippen LogP contribution in [0, 0.1) is 17.7 Å². The van der Waals surface area contributed by atoms with Crippen LogP contribution in [0.5, 0.6) is 0 Å². The molecule has 0 fully saturated rings. The van der Waals surface area contributed by atoms with E-state index in [1.165, 1.54) is 24.1 Å². The van der Waals surface area contributed by atoms with Gasteiger partial charge in [-0.1, -0.05) is 32.4 Å². The van der Waals surface area contributed by atoms with Gasteiger partial charge in [-0.3, -0.25) is 0 Å². The van der Waals surface area contributed by atoms with Crippen molar-refractivity contribution in [2.45, 2.75) is 33.1 Å². The van der Waals surface area contributed by atoms with Gasteiger partial charge in [-0.15, -0.1) is 0 Å². The maximum absolute atomic E-state index is 12.7. The van der Waals surface area contributed by atoms with Crippen LogP contribution in [0.3, 0.4) is 0 Å². The topological polar surface area (TPSA) is 26.0 Å². The molecule has 0 radical (unpaired) electrons. The van der Waals surface area contributed by atoms with E-state index in [1.54, 1.807) is 0 Å². The molecule has 0 saturated carbocycles. The molecular weight excluding hydrogens is 201 g/mol. The van der Waals surface area contributed by atoms with Crippen molar-refractivity contribution >= 4 is 0 Å². The molecule has 2 N–H and O–H groups in total. The molecule has 2 heteroatoms. The van der Waals surface area contributed by atoms with Crippen LogP contribution in [-0.2, 0) is 6.42 Å². The number of rotatable bonds is 6. The van der Waals surface area contributed by atoms with E-state index in [9.17, 15) is 4.39 Å². The van der Waals surface area contributed by atoms with Crippen LogP contribution in [-0.4, -0.2) is 6.54 Å². The Hall–Kier alpha value is -0.890. The lowest BCUT2D eigenvalue weighted by atomic mass is 9.92. The number of halogens is 1. The van der Waals surface area contributed by atoms with Gasteiger partial charge in [-0.25, -0.2) is 4.39 Å². The number of hydrogen-bond donors (Lipinski definition) is 1. The van der Waals surface area contributed by atoms with Crippen molar-refractivity contribution in [2.24, 2.45) is 17.6 Å². The SMILES string of the molecule is CC(C)CCC(CN)Cc1ccc(F)cc1. The van der Waals surface area contributed by atoms with Crippen molar-refractivity contribution in [1.29, 1.82) is 0 Å².